The lowest BCUT2D eigenvalue weighted by atomic mass is 9.84. The molecule has 12 heteroatoms. The first-order chi connectivity index (χ1) is 11.0. The van der Waals surface area contributed by atoms with E-state index in [-0.39, 0.29) is 0 Å². The van der Waals surface area contributed by atoms with Crippen molar-refractivity contribution in [1.82, 2.24) is 0 Å². The van der Waals surface area contributed by atoms with Crippen LogP contribution < -0.4 is 0 Å². The first-order valence-corrected chi connectivity index (χ1v) is 7.13. The van der Waals surface area contributed by atoms with E-state index in [9.17, 15) is 46.0 Å². The fraction of sp³-hybridized carbons (Fsp3) is 1.00. The maximum absolute atomic E-state index is 10.3. The minimum Gasteiger partial charge on any atom is -0.391 e. The Kier molecular flexibility index (Phi) is 5.52. The van der Waals surface area contributed by atoms with Gasteiger partial charge in [0.1, 0.15) is 48.8 Å². The van der Waals surface area contributed by atoms with Gasteiger partial charge in [0.25, 0.3) is 0 Å². The van der Waals surface area contributed by atoms with Crippen LogP contribution in [0.15, 0.2) is 0 Å². The number of aliphatic hydroxyl groups excluding tert-OH is 8. The summed E-state index contributed by atoms with van der Waals surface area (Å²) >= 11 is 0. The molecule has 0 spiro atoms. The number of hydrogen-bond acceptors (Lipinski definition) is 12. The molecule has 0 aromatic rings. The van der Waals surface area contributed by atoms with Gasteiger partial charge >= 0.3 is 0 Å². The molecular weight excluding hydrogens is 336 g/mol. The van der Waals surface area contributed by atoms with Crippen LogP contribution in [0.3, 0.4) is 0 Å². The van der Waals surface area contributed by atoms with E-state index in [1.807, 2.05) is 0 Å². The summed E-state index contributed by atoms with van der Waals surface area (Å²) in [6.45, 7) is -1.92. The second-order valence-electron chi connectivity index (χ2n) is 6.02. The van der Waals surface area contributed by atoms with E-state index in [0.717, 1.165) is 0 Å². The fourth-order valence-electron chi connectivity index (χ4n) is 2.76. The summed E-state index contributed by atoms with van der Waals surface area (Å²) in [5, 5.41) is 97.6. The molecule has 0 aliphatic carbocycles. The summed E-state index contributed by atoms with van der Waals surface area (Å²) in [7, 11) is 0. The van der Waals surface area contributed by atoms with Crippen LogP contribution in [0.2, 0.25) is 0 Å². The van der Waals surface area contributed by atoms with Crippen molar-refractivity contribution in [1.29, 1.82) is 0 Å². The molecule has 0 saturated carbocycles. The molecule has 10 N–H and O–H groups in total. The summed E-state index contributed by atoms with van der Waals surface area (Å²) in [4.78, 5) is 0. The van der Waals surface area contributed by atoms with Crippen molar-refractivity contribution in [2.45, 2.75) is 60.4 Å². The minimum absolute atomic E-state index is 0.690. The van der Waals surface area contributed by atoms with Gasteiger partial charge in [0.2, 0.25) is 11.6 Å². The number of hydrogen-bond donors (Lipinski definition) is 10. The Hall–Kier alpha value is -0.480. The zero-order chi connectivity index (χ0) is 18.4. The second kappa shape index (κ2) is 6.68. The summed E-state index contributed by atoms with van der Waals surface area (Å²) in [5.41, 5.74) is 0. The van der Waals surface area contributed by atoms with Crippen LogP contribution in [0.25, 0.3) is 0 Å². The van der Waals surface area contributed by atoms with Gasteiger partial charge in [0.05, 0.1) is 13.2 Å². The van der Waals surface area contributed by atoms with E-state index in [1.165, 1.54) is 0 Å². The maximum atomic E-state index is 10.3. The van der Waals surface area contributed by atoms with Crippen molar-refractivity contribution in [3.05, 3.63) is 0 Å². The van der Waals surface area contributed by atoms with E-state index < -0.39 is 73.6 Å². The first-order valence-electron chi connectivity index (χ1n) is 7.13. The van der Waals surface area contributed by atoms with E-state index in [4.69, 9.17) is 14.6 Å². The van der Waals surface area contributed by atoms with Gasteiger partial charge in [-0.1, -0.05) is 0 Å². The van der Waals surface area contributed by atoms with E-state index >= 15 is 0 Å². The molecular formula is C12H22O12. The molecule has 0 bridgehead atoms. The fourth-order valence-corrected chi connectivity index (χ4v) is 2.76. The van der Waals surface area contributed by atoms with Gasteiger partial charge in [0.15, 0.2) is 0 Å². The quantitative estimate of drug-likeness (QED) is 0.227. The molecule has 142 valence electrons. The molecule has 2 unspecified atom stereocenters. The number of rotatable bonds is 3. The van der Waals surface area contributed by atoms with Gasteiger partial charge in [-0.25, -0.2) is 0 Å². The average Bonchev–Trinajstić information content (AvgIpc) is 2.57. The lowest BCUT2D eigenvalue weighted by Crippen LogP contribution is -2.74. The second-order valence-corrected chi connectivity index (χ2v) is 6.02. The van der Waals surface area contributed by atoms with Crippen LogP contribution in [0.4, 0.5) is 0 Å². The highest BCUT2D eigenvalue weighted by Gasteiger charge is 2.61. The SMILES string of the molecule is OC[C@]1(O)OC(C(O)[C@]2(O)OC[C@@H](O)[C@@H](O)[C@@H]2O)[C@@H](O)[C@@H](O)[C@@H]1O. The summed E-state index contributed by atoms with van der Waals surface area (Å²) in [6, 6.07) is 0. The molecule has 0 amide bonds. The summed E-state index contributed by atoms with van der Waals surface area (Å²) < 4.78 is 9.56. The van der Waals surface area contributed by atoms with Gasteiger partial charge in [-0.2, -0.15) is 0 Å². The van der Waals surface area contributed by atoms with Crippen molar-refractivity contribution < 1.29 is 60.5 Å². The lowest BCUT2D eigenvalue weighted by molar-refractivity contribution is -0.406. The molecule has 2 aliphatic heterocycles. The highest BCUT2D eigenvalue weighted by atomic mass is 16.7. The first kappa shape index (κ1) is 19.8. The Morgan fingerprint density at radius 3 is 2.04 bits per heavy atom. The monoisotopic (exact) mass is 358 g/mol. The Balaban J connectivity index is 2.28. The van der Waals surface area contributed by atoms with E-state index in [1.54, 1.807) is 0 Å². The summed E-state index contributed by atoms with van der Waals surface area (Å²) in [6.07, 6.45) is -16.4. The molecule has 2 aliphatic rings. The van der Waals surface area contributed by atoms with Crippen LogP contribution in [0.5, 0.6) is 0 Å². The topological polar surface area (TPSA) is 221 Å². The highest BCUT2D eigenvalue weighted by molar-refractivity contribution is 5.05. The molecule has 0 aromatic heterocycles. The predicted molar refractivity (Wildman–Crippen MR) is 69.9 cm³/mol. The smallest absolute Gasteiger partial charge is 0.224 e. The Labute approximate surface area is 135 Å². The lowest BCUT2D eigenvalue weighted by Gasteiger charge is -2.51. The third kappa shape index (κ3) is 2.94. The molecule has 2 heterocycles. The normalized spacial score (nSPS) is 54.5. The van der Waals surface area contributed by atoms with Gasteiger partial charge in [0, 0.05) is 0 Å². The Morgan fingerprint density at radius 1 is 0.917 bits per heavy atom. The van der Waals surface area contributed by atoms with Crippen LogP contribution >= 0.6 is 0 Å². The highest BCUT2D eigenvalue weighted by Crippen LogP contribution is 2.36. The van der Waals surface area contributed by atoms with E-state index in [0.29, 0.717) is 0 Å². The molecule has 2 fully saturated rings. The zero-order valence-corrected chi connectivity index (χ0v) is 12.3. The largest absolute Gasteiger partial charge is 0.391 e. The summed E-state index contributed by atoms with van der Waals surface area (Å²) in [5.74, 6) is -5.72. The van der Waals surface area contributed by atoms with Crippen LogP contribution in [0.1, 0.15) is 0 Å². The molecule has 0 radical (unpaired) electrons. The predicted octanol–water partition coefficient (Wildman–Crippen LogP) is -6.69. The Bertz CT molecular complexity index is 450. The van der Waals surface area contributed by atoms with Crippen molar-refractivity contribution in [3.63, 3.8) is 0 Å². The van der Waals surface area contributed by atoms with Crippen molar-refractivity contribution in [2.75, 3.05) is 13.2 Å². The molecule has 2 saturated heterocycles. The zero-order valence-electron chi connectivity index (χ0n) is 12.3. The molecule has 24 heavy (non-hydrogen) atoms. The van der Waals surface area contributed by atoms with Crippen molar-refractivity contribution >= 4 is 0 Å². The van der Waals surface area contributed by atoms with Crippen LogP contribution in [-0.2, 0) is 9.47 Å². The Morgan fingerprint density at radius 2 is 1.50 bits per heavy atom. The maximum Gasteiger partial charge on any atom is 0.224 e. The minimum atomic E-state index is -2.94. The van der Waals surface area contributed by atoms with Gasteiger partial charge in [-0.05, 0) is 0 Å². The van der Waals surface area contributed by atoms with Gasteiger partial charge in [-0.15, -0.1) is 0 Å². The standard InChI is InChI=1S/C12H22O12/c13-2-11(21)8(18)6(17)5(16)7(24-11)10(20)12(22)9(19)4(15)3(14)1-23-12/h3-10,13-22H,1-2H2/t3-,4-,5+,6-,7?,8+,9+,10?,11+,12-/m1/s1. The van der Waals surface area contributed by atoms with Gasteiger partial charge < -0.3 is 60.5 Å². The van der Waals surface area contributed by atoms with Crippen LogP contribution in [-0.4, -0.2) is 125 Å². The van der Waals surface area contributed by atoms with Crippen LogP contribution in [0, 0.1) is 0 Å². The molecule has 10 atom stereocenters. The van der Waals surface area contributed by atoms with Gasteiger partial charge in [-0.3, -0.25) is 0 Å². The van der Waals surface area contributed by atoms with Crippen molar-refractivity contribution in [3.8, 4) is 0 Å². The molecule has 12 nitrogen and oxygen atoms in total. The molecule has 0 aromatic carbocycles. The third-order valence-electron chi connectivity index (χ3n) is 4.40. The van der Waals surface area contributed by atoms with E-state index in [2.05, 4.69) is 0 Å². The van der Waals surface area contributed by atoms with Crippen molar-refractivity contribution in [2.24, 2.45) is 0 Å². The third-order valence-corrected chi connectivity index (χ3v) is 4.40. The number of aliphatic hydroxyl groups is 10. The molecule has 2 rings (SSSR count). The number of ether oxygens (including phenoxy) is 2. The average molecular weight is 358 g/mol.